The van der Waals surface area contributed by atoms with E-state index < -0.39 is 17.6 Å². The van der Waals surface area contributed by atoms with Gasteiger partial charge in [0.2, 0.25) is 5.95 Å². The van der Waals surface area contributed by atoms with Gasteiger partial charge in [-0.3, -0.25) is 10.1 Å². The van der Waals surface area contributed by atoms with E-state index in [0.29, 0.717) is 11.1 Å². The first-order valence-corrected chi connectivity index (χ1v) is 9.54. The third-order valence-corrected chi connectivity index (χ3v) is 4.81. The molecule has 4 rings (SSSR count). The third-order valence-electron chi connectivity index (χ3n) is 4.81. The first-order valence-electron chi connectivity index (χ1n) is 9.54. The van der Waals surface area contributed by atoms with Crippen molar-refractivity contribution < 1.29 is 23.1 Å². The molecule has 0 aliphatic rings. The molecule has 32 heavy (non-hydrogen) atoms. The Kier molecular flexibility index (Phi) is 5.40. The molecule has 0 saturated carbocycles. The third kappa shape index (κ3) is 4.18. The van der Waals surface area contributed by atoms with Crippen molar-refractivity contribution in [3.05, 3.63) is 89.5 Å². The van der Waals surface area contributed by atoms with Crippen molar-refractivity contribution >= 4 is 11.9 Å². The highest BCUT2D eigenvalue weighted by atomic mass is 19.4. The molecule has 1 aromatic heterocycles. The molecule has 2 N–H and O–H groups in total. The van der Waals surface area contributed by atoms with Crippen molar-refractivity contribution in [1.29, 1.82) is 0 Å². The Bertz CT molecular complexity index is 1280. The van der Waals surface area contributed by atoms with Crippen molar-refractivity contribution in [2.75, 3.05) is 5.32 Å². The minimum absolute atomic E-state index is 0.00346. The summed E-state index contributed by atoms with van der Waals surface area (Å²) < 4.78 is 40.1. The van der Waals surface area contributed by atoms with Crippen molar-refractivity contribution in [3.63, 3.8) is 0 Å². The van der Waals surface area contributed by atoms with Gasteiger partial charge in [0, 0.05) is 5.56 Å². The molecule has 0 bridgehead atoms. The van der Waals surface area contributed by atoms with Gasteiger partial charge in [-0.05, 0) is 55.0 Å². The number of nitrogens with zero attached hydrogens (tertiary/aromatic N) is 3. The summed E-state index contributed by atoms with van der Waals surface area (Å²) in [6.07, 6.45) is -4.48. The van der Waals surface area contributed by atoms with Crippen LogP contribution in [0.3, 0.4) is 0 Å². The molecule has 9 heteroatoms. The van der Waals surface area contributed by atoms with Gasteiger partial charge in [-0.25, -0.2) is 0 Å². The van der Waals surface area contributed by atoms with E-state index in [1.807, 2.05) is 0 Å². The number of hydrogen-bond donors (Lipinski definition) is 2. The van der Waals surface area contributed by atoms with Crippen LogP contribution in [-0.4, -0.2) is 25.8 Å². The SMILES string of the molecule is Cc1ccccc1C(=O)Nc1nc(-c2ccccc2O)nn1-c1ccc(C(F)(F)F)cc1. The summed E-state index contributed by atoms with van der Waals surface area (Å²) in [5.74, 6) is -0.430. The van der Waals surface area contributed by atoms with E-state index in [2.05, 4.69) is 15.4 Å². The summed E-state index contributed by atoms with van der Waals surface area (Å²) in [7, 11) is 0. The maximum atomic E-state index is 12.9. The maximum Gasteiger partial charge on any atom is 0.416 e. The number of phenolic OH excluding ortho intramolecular Hbond substituents is 1. The van der Waals surface area contributed by atoms with Gasteiger partial charge in [-0.1, -0.05) is 30.3 Å². The Labute approximate surface area is 181 Å². The fraction of sp³-hybridized carbons (Fsp3) is 0.0870. The summed E-state index contributed by atoms with van der Waals surface area (Å²) in [5, 5.41) is 17.1. The molecule has 1 heterocycles. The Morgan fingerprint density at radius 3 is 2.28 bits per heavy atom. The van der Waals surface area contributed by atoms with Gasteiger partial charge in [0.1, 0.15) is 5.75 Å². The number of anilines is 1. The monoisotopic (exact) mass is 438 g/mol. The van der Waals surface area contributed by atoms with Crippen molar-refractivity contribution in [3.8, 4) is 22.8 Å². The summed E-state index contributed by atoms with van der Waals surface area (Å²) in [6, 6.07) is 17.6. The van der Waals surface area contributed by atoms with Gasteiger partial charge in [-0.15, -0.1) is 5.10 Å². The largest absolute Gasteiger partial charge is 0.507 e. The smallest absolute Gasteiger partial charge is 0.416 e. The van der Waals surface area contributed by atoms with Crippen LogP contribution in [0.4, 0.5) is 19.1 Å². The van der Waals surface area contributed by atoms with Crippen molar-refractivity contribution in [2.24, 2.45) is 0 Å². The zero-order valence-corrected chi connectivity index (χ0v) is 16.8. The number of carbonyl (C=O) groups excluding carboxylic acids is 1. The summed E-state index contributed by atoms with van der Waals surface area (Å²) >= 11 is 0. The molecule has 3 aromatic carbocycles. The van der Waals surface area contributed by atoms with Crippen molar-refractivity contribution in [2.45, 2.75) is 13.1 Å². The van der Waals surface area contributed by atoms with Crippen LogP contribution in [0.1, 0.15) is 21.5 Å². The highest BCUT2D eigenvalue weighted by molar-refractivity contribution is 6.04. The number of carbonyl (C=O) groups is 1. The molecule has 0 saturated heterocycles. The highest BCUT2D eigenvalue weighted by Gasteiger charge is 2.30. The zero-order chi connectivity index (χ0) is 22.9. The zero-order valence-electron chi connectivity index (χ0n) is 16.8. The van der Waals surface area contributed by atoms with Gasteiger partial charge in [0.05, 0.1) is 16.8 Å². The van der Waals surface area contributed by atoms with Crippen LogP contribution in [-0.2, 0) is 6.18 Å². The average molecular weight is 438 g/mol. The fourth-order valence-electron chi connectivity index (χ4n) is 3.14. The van der Waals surface area contributed by atoms with Crippen LogP contribution in [0.5, 0.6) is 5.75 Å². The number of amides is 1. The number of benzene rings is 3. The molecule has 6 nitrogen and oxygen atoms in total. The standard InChI is InChI=1S/C23H17F3N4O2/c1-14-6-2-3-7-17(14)21(32)28-22-27-20(18-8-4-5-9-19(18)31)29-30(22)16-12-10-15(11-13-16)23(24,25)26/h2-13,31H,1H3,(H,27,28,29,32). The number of alkyl halides is 3. The number of rotatable bonds is 4. The Morgan fingerprint density at radius 1 is 0.969 bits per heavy atom. The lowest BCUT2D eigenvalue weighted by atomic mass is 10.1. The molecule has 0 aliphatic carbocycles. The summed E-state index contributed by atoms with van der Waals surface area (Å²) in [4.78, 5) is 17.1. The van der Waals surface area contributed by atoms with E-state index in [-0.39, 0.29) is 23.2 Å². The minimum Gasteiger partial charge on any atom is -0.507 e. The van der Waals surface area contributed by atoms with E-state index in [4.69, 9.17) is 0 Å². The first-order chi connectivity index (χ1) is 15.2. The van der Waals surface area contributed by atoms with Crippen LogP contribution in [0.25, 0.3) is 17.1 Å². The molecule has 0 radical (unpaired) electrons. The summed E-state index contributed by atoms with van der Waals surface area (Å²) in [6.45, 7) is 1.78. The second kappa shape index (κ2) is 8.18. The van der Waals surface area contributed by atoms with Gasteiger partial charge in [0.25, 0.3) is 5.91 Å². The van der Waals surface area contributed by atoms with E-state index in [0.717, 1.165) is 17.7 Å². The van der Waals surface area contributed by atoms with E-state index in [1.165, 1.54) is 22.9 Å². The lowest BCUT2D eigenvalue weighted by molar-refractivity contribution is -0.137. The van der Waals surface area contributed by atoms with Crippen LogP contribution >= 0.6 is 0 Å². The second-order valence-corrected chi connectivity index (χ2v) is 7.00. The molecular weight excluding hydrogens is 421 g/mol. The predicted octanol–water partition coefficient (Wildman–Crippen LogP) is 5.22. The maximum absolute atomic E-state index is 12.9. The Hall–Kier alpha value is -4.14. The normalized spacial score (nSPS) is 11.4. The highest BCUT2D eigenvalue weighted by Crippen LogP contribution is 2.31. The number of halogens is 3. The van der Waals surface area contributed by atoms with E-state index >= 15 is 0 Å². The fourth-order valence-corrected chi connectivity index (χ4v) is 3.14. The molecule has 0 fully saturated rings. The predicted molar refractivity (Wildman–Crippen MR) is 113 cm³/mol. The lowest BCUT2D eigenvalue weighted by Gasteiger charge is -2.10. The van der Waals surface area contributed by atoms with Crippen molar-refractivity contribution in [1.82, 2.24) is 14.8 Å². The molecule has 162 valence electrons. The Balaban J connectivity index is 1.78. The molecule has 0 aliphatic heterocycles. The lowest BCUT2D eigenvalue weighted by Crippen LogP contribution is -2.17. The van der Waals surface area contributed by atoms with Crippen LogP contribution < -0.4 is 5.32 Å². The first kappa shape index (κ1) is 21.1. The number of phenols is 1. The van der Waals surface area contributed by atoms with Gasteiger partial charge >= 0.3 is 6.18 Å². The number of nitrogens with one attached hydrogen (secondary N) is 1. The van der Waals surface area contributed by atoms with E-state index in [1.54, 1.807) is 49.4 Å². The quantitative estimate of drug-likeness (QED) is 0.458. The van der Waals surface area contributed by atoms with Crippen LogP contribution in [0, 0.1) is 6.92 Å². The van der Waals surface area contributed by atoms with Crippen LogP contribution in [0.15, 0.2) is 72.8 Å². The Morgan fingerprint density at radius 2 is 1.62 bits per heavy atom. The minimum atomic E-state index is -4.48. The van der Waals surface area contributed by atoms with E-state index in [9.17, 15) is 23.1 Å². The molecule has 1 amide bonds. The number of aromatic hydroxyl groups is 1. The van der Waals surface area contributed by atoms with Gasteiger partial charge < -0.3 is 5.11 Å². The van der Waals surface area contributed by atoms with Gasteiger partial charge in [-0.2, -0.15) is 22.8 Å². The topological polar surface area (TPSA) is 80.0 Å². The van der Waals surface area contributed by atoms with Gasteiger partial charge in [0.15, 0.2) is 5.82 Å². The average Bonchev–Trinajstić information content (AvgIpc) is 3.17. The number of aromatic nitrogens is 3. The summed E-state index contributed by atoms with van der Waals surface area (Å²) in [5.41, 5.74) is 0.912. The van der Waals surface area contributed by atoms with Crippen LogP contribution in [0.2, 0.25) is 0 Å². The number of aryl methyl sites for hydroxylation is 1. The number of hydrogen-bond acceptors (Lipinski definition) is 4. The molecular formula is C23H17F3N4O2. The molecule has 0 atom stereocenters. The molecule has 0 unspecified atom stereocenters. The molecule has 0 spiro atoms. The molecule has 4 aromatic rings. The number of para-hydroxylation sites is 1. The second-order valence-electron chi connectivity index (χ2n) is 7.00.